The second-order valence-corrected chi connectivity index (χ2v) is 9.24. The summed E-state index contributed by atoms with van der Waals surface area (Å²) in [6, 6.07) is 18.8. The van der Waals surface area contributed by atoms with Crippen molar-refractivity contribution in [3.8, 4) is 0 Å². The molecule has 0 bridgehead atoms. The van der Waals surface area contributed by atoms with Gasteiger partial charge in [0, 0.05) is 17.5 Å². The Labute approximate surface area is 192 Å². The maximum absolute atomic E-state index is 13.5. The van der Waals surface area contributed by atoms with Crippen LogP contribution in [0.2, 0.25) is 0 Å². The fourth-order valence-corrected chi connectivity index (χ4v) is 4.93. The minimum Gasteiger partial charge on any atom is -0.351 e. The van der Waals surface area contributed by atoms with E-state index >= 15 is 0 Å². The predicted octanol–water partition coefficient (Wildman–Crippen LogP) is 5.26. The molecule has 1 fully saturated rings. The molecule has 166 valence electrons. The first-order chi connectivity index (χ1) is 15.6. The van der Waals surface area contributed by atoms with Crippen LogP contribution in [0.25, 0.3) is 0 Å². The van der Waals surface area contributed by atoms with Crippen molar-refractivity contribution in [1.29, 1.82) is 0 Å². The summed E-state index contributed by atoms with van der Waals surface area (Å²) in [5.41, 5.74) is 1.55. The molecule has 1 saturated carbocycles. The molecule has 2 amide bonds. The van der Waals surface area contributed by atoms with E-state index in [1.54, 1.807) is 17.0 Å². The highest BCUT2D eigenvalue weighted by Gasteiger charge is 2.33. The molecule has 32 heavy (non-hydrogen) atoms. The van der Waals surface area contributed by atoms with Crippen molar-refractivity contribution in [3.05, 3.63) is 93.9 Å². The molecule has 0 radical (unpaired) electrons. The summed E-state index contributed by atoms with van der Waals surface area (Å²) >= 11 is 1.52. The van der Waals surface area contributed by atoms with Gasteiger partial charge in [0.15, 0.2) is 0 Å². The highest BCUT2D eigenvalue weighted by Crippen LogP contribution is 2.27. The number of nitrogens with zero attached hydrogens (tertiary/aromatic N) is 1. The van der Waals surface area contributed by atoms with Gasteiger partial charge in [-0.2, -0.15) is 0 Å². The molecule has 1 N–H and O–H groups in total. The quantitative estimate of drug-likeness (QED) is 0.509. The normalized spacial score (nSPS) is 14.8. The van der Waals surface area contributed by atoms with Crippen LogP contribution in [0.3, 0.4) is 0 Å². The molecule has 2 aromatic carbocycles. The van der Waals surface area contributed by atoms with E-state index in [1.807, 2.05) is 47.8 Å². The number of benzene rings is 2. The third-order valence-electron chi connectivity index (χ3n) is 5.87. The van der Waals surface area contributed by atoms with Gasteiger partial charge in [-0.15, -0.1) is 11.3 Å². The maximum Gasteiger partial charge on any atom is 0.247 e. The summed E-state index contributed by atoms with van der Waals surface area (Å²) in [5.74, 6) is -0.624. The van der Waals surface area contributed by atoms with Crippen LogP contribution in [0.4, 0.5) is 4.39 Å². The zero-order valence-corrected chi connectivity index (χ0v) is 18.7. The van der Waals surface area contributed by atoms with Crippen molar-refractivity contribution in [2.45, 2.75) is 50.7 Å². The lowest BCUT2D eigenvalue weighted by atomic mass is 10.0. The molecule has 3 aromatic rings. The Morgan fingerprint density at radius 2 is 1.72 bits per heavy atom. The molecule has 1 heterocycles. The van der Waals surface area contributed by atoms with Gasteiger partial charge in [-0.05, 0) is 47.5 Å². The molecule has 1 aliphatic rings. The topological polar surface area (TPSA) is 49.4 Å². The number of carbonyl (C=O) groups is 2. The van der Waals surface area contributed by atoms with E-state index in [0.717, 1.165) is 41.7 Å². The summed E-state index contributed by atoms with van der Waals surface area (Å²) in [4.78, 5) is 29.6. The number of rotatable bonds is 8. The molecule has 0 unspecified atom stereocenters. The van der Waals surface area contributed by atoms with Gasteiger partial charge in [0.2, 0.25) is 11.8 Å². The standard InChI is InChI=1S/C26H27FN2O2S/c27-21-14-12-19(13-15-21)18-29(24(30)17-23-11-6-16-32-23)25(20-7-2-1-3-8-20)26(31)28-22-9-4-5-10-22/h1-3,6-8,11-16,22,25H,4-5,9-10,17-18H2,(H,28,31)/t25-/m1/s1. The maximum atomic E-state index is 13.5. The largest absolute Gasteiger partial charge is 0.351 e. The zero-order valence-electron chi connectivity index (χ0n) is 17.9. The molecule has 4 nitrogen and oxygen atoms in total. The first-order valence-corrected chi connectivity index (χ1v) is 11.9. The van der Waals surface area contributed by atoms with Gasteiger partial charge >= 0.3 is 0 Å². The van der Waals surface area contributed by atoms with Gasteiger partial charge in [0.25, 0.3) is 0 Å². The first kappa shape index (κ1) is 22.2. The van der Waals surface area contributed by atoms with Crippen LogP contribution < -0.4 is 5.32 Å². The van der Waals surface area contributed by atoms with Crippen LogP contribution in [-0.4, -0.2) is 22.8 Å². The minimum atomic E-state index is -0.755. The van der Waals surface area contributed by atoms with E-state index < -0.39 is 6.04 Å². The smallest absolute Gasteiger partial charge is 0.247 e. The first-order valence-electron chi connectivity index (χ1n) is 11.0. The van der Waals surface area contributed by atoms with E-state index in [4.69, 9.17) is 0 Å². The Balaban J connectivity index is 1.67. The molecule has 1 aromatic heterocycles. The molecule has 0 saturated heterocycles. The lowest BCUT2D eigenvalue weighted by molar-refractivity contribution is -0.141. The molecule has 1 aliphatic carbocycles. The van der Waals surface area contributed by atoms with Gasteiger partial charge in [-0.25, -0.2) is 4.39 Å². The van der Waals surface area contributed by atoms with E-state index in [9.17, 15) is 14.0 Å². The van der Waals surface area contributed by atoms with Crippen LogP contribution in [0.15, 0.2) is 72.1 Å². The third-order valence-corrected chi connectivity index (χ3v) is 6.75. The van der Waals surface area contributed by atoms with Crippen LogP contribution >= 0.6 is 11.3 Å². The van der Waals surface area contributed by atoms with E-state index in [2.05, 4.69) is 5.32 Å². The Kier molecular flexibility index (Phi) is 7.32. The Bertz CT molecular complexity index is 1020. The lowest BCUT2D eigenvalue weighted by Gasteiger charge is -2.32. The Morgan fingerprint density at radius 3 is 2.38 bits per heavy atom. The Hall–Kier alpha value is -2.99. The van der Waals surface area contributed by atoms with E-state index in [-0.39, 0.29) is 36.6 Å². The van der Waals surface area contributed by atoms with Crippen molar-refractivity contribution in [3.63, 3.8) is 0 Å². The van der Waals surface area contributed by atoms with Crippen molar-refractivity contribution in [1.82, 2.24) is 10.2 Å². The number of nitrogens with one attached hydrogen (secondary N) is 1. The number of carbonyl (C=O) groups excluding carboxylic acids is 2. The molecule has 1 atom stereocenters. The lowest BCUT2D eigenvalue weighted by Crippen LogP contribution is -2.46. The molecule has 0 aliphatic heterocycles. The molecular formula is C26H27FN2O2S. The monoisotopic (exact) mass is 450 g/mol. The van der Waals surface area contributed by atoms with Crippen molar-refractivity contribution in [2.75, 3.05) is 0 Å². The summed E-state index contributed by atoms with van der Waals surface area (Å²) in [6.07, 6.45) is 4.37. The average molecular weight is 451 g/mol. The third kappa shape index (κ3) is 5.62. The zero-order chi connectivity index (χ0) is 22.3. The van der Waals surface area contributed by atoms with Gasteiger partial charge < -0.3 is 10.2 Å². The van der Waals surface area contributed by atoms with Gasteiger partial charge in [0.1, 0.15) is 11.9 Å². The van der Waals surface area contributed by atoms with Gasteiger partial charge in [-0.1, -0.05) is 61.4 Å². The highest BCUT2D eigenvalue weighted by molar-refractivity contribution is 7.10. The van der Waals surface area contributed by atoms with E-state index in [0.29, 0.717) is 0 Å². The second-order valence-electron chi connectivity index (χ2n) is 8.21. The number of hydrogen-bond donors (Lipinski definition) is 1. The molecule has 0 spiro atoms. The second kappa shape index (κ2) is 10.6. The number of amides is 2. The summed E-state index contributed by atoms with van der Waals surface area (Å²) in [5, 5.41) is 5.12. The van der Waals surface area contributed by atoms with Crippen molar-refractivity contribution >= 4 is 23.2 Å². The summed E-state index contributed by atoms with van der Waals surface area (Å²) < 4.78 is 13.5. The molecule has 6 heteroatoms. The fraction of sp³-hybridized carbons (Fsp3) is 0.308. The van der Waals surface area contributed by atoms with Crippen LogP contribution in [-0.2, 0) is 22.6 Å². The van der Waals surface area contributed by atoms with Crippen molar-refractivity contribution in [2.24, 2.45) is 0 Å². The van der Waals surface area contributed by atoms with E-state index in [1.165, 1.54) is 23.5 Å². The summed E-state index contributed by atoms with van der Waals surface area (Å²) in [6.45, 7) is 0.224. The van der Waals surface area contributed by atoms with Gasteiger partial charge in [0.05, 0.1) is 6.42 Å². The van der Waals surface area contributed by atoms with Crippen LogP contribution in [0.1, 0.15) is 47.7 Å². The fourth-order valence-electron chi connectivity index (χ4n) is 4.23. The SMILES string of the molecule is O=C(NC1CCCC1)[C@@H](c1ccccc1)N(Cc1ccc(F)cc1)C(=O)Cc1cccs1. The van der Waals surface area contributed by atoms with Crippen molar-refractivity contribution < 1.29 is 14.0 Å². The van der Waals surface area contributed by atoms with Crippen LogP contribution in [0, 0.1) is 5.82 Å². The van der Waals surface area contributed by atoms with Gasteiger partial charge in [-0.3, -0.25) is 9.59 Å². The number of hydrogen-bond acceptors (Lipinski definition) is 3. The van der Waals surface area contributed by atoms with Crippen LogP contribution in [0.5, 0.6) is 0 Å². The predicted molar refractivity (Wildman–Crippen MR) is 125 cm³/mol. The average Bonchev–Trinajstić information content (AvgIpc) is 3.50. The highest BCUT2D eigenvalue weighted by atomic mass is 32.1. The molecular weight excluding hydrogens is 423 g/mol. The summed E-state index contributed by atoms with van der Waals surface area (Å²) in [7, 11) is 0. The number of thiophene rings is 1. The minimum absolute atomic E-state index is 0.132. The molecule has 4 rings (SSSR count). The Morgan fingerprint density at radius 1 is 1.00 bits per heavy atom. The number of halogens is 1.